The van der Waals surface area contributed by atoms with Gasteiger partial charge in [0, 0.05) is 25.0 Å². The molecular formula is C19H21FN6O. The van der Waals surface area contributed by atoms with Crippen LogP contribution in [0.1, 0.15) is 29.6 Å². The summed E-state index contributed by atoms with van der Waals surface area (Å²) in [5.74, 6) is -0.589. The van der Waals surface area contributed by atoms with Gasteiger partial charge in [-0.2, -0.15) is 10.2 Å². The van der Waals surface area contributed by atoms with Gasteiger partial charge in [0.15, 0.2) is 0 Å². The van der Waals surface area contributed by atoms with E-state index >= 15 is 0 Å². The fourth-order valence-electron chi connectivity index (χ4n) is 3.46. The van der Waals surface area contributed by atoms with Gasteiger partial charge in [0.1, 0.15) is 6.17 Å². The highest BCUT2D eigenvalue weighted by Gasteiger charge is 2.29. The van der Waals surface area contributed by atoms with E-state index in [4.69, 9.17) is 5.73 Å². The van der Waals surface area contributed by atoms with Gasteiger partial charge in [-0.25, -0.2) is 8.91 Å². The van der Waals surface area contributed by atoms with Crippen LogP contribution in [0.3, 0.4) is 0 Å². The van der Waals surface area contributed by atoms with Crippen molar-refractivity contribution >= 4 is 17.1 Å². The molecule has 0 saturated heterocycles. The first-order valence-electron chi connectivity index (χ1n) is 8.58. The van der Waals surface area contributed by atoms with Gasteiger partial charge in [-0.3, -0.25) is 9.48 Å². The molecule has 1 saturated carbocycles. The van der Waals surface area contributed by atoms with Crippen LogP contribution in [0.15, 0.2) is 30.7 Å². The van der Waals surface area contributed by atoms with E-state index in [0.29, 0.717) is 17.6 Å². The fraction of sp³-hybridized carbons (Fsp3) is 0.316. The second kappa shape index (κ2) is 7.50. The van der Waals surface area contributed by atoms with Crippen molar-refractivity contribution < 1.29 is 9.18 Å². The second-order valence-electron chi connectivity index (χ2n) is 6.39. The van der Waals surface area contributed by atoms with Crippen LogP contribution in [0.25, 0.3) is 16.8 Å². The van der Waals surface area contributed by atoms with Gasteiger partial charge in [0.05, 0.1) is 34.7 Å². The molecule has 1 fully saturated rings. The maximum atomic E-state index is 14.1. The SMILES string of the molecule is C#C.Cn1nccc1-c1cc2c(N[C@@H]3CCC[C@@H]3F)c(C(N)=O)cnn2c1. The monoisotopic (exact) mass is 368 g/mol. The summed E-state index contributed by atoms with van der Waals surface area (Å²) >= 11 is 0. The van der Waals surface area contributed by atoms with Gasteiger partial charge in [0.2, 0.25) is 0 Å². The van der Waals surface area contributed by atoms with Crippen molar-refractivity contribution in [3.63, 3.8) is 0 Å². The van der Waals surface area contributed by atoms with Gasteiger partial charge < -0.3 is 11.1 Å². The van der Waals surface area contributed by atoms with E-state index in [1.54, 1.807) is 15.4 Å². The van der Waals surface area contributed by atoms with Gasteiger partial charge in [0.25, 0.3) is 5.91 Å². The molecule has 140 valence electrons. The molecule has 0 radical (unpaired) electrons. The zero-order valence-corrected chi connectivity index (χ0v) is 15.0. The Morgan fingerprint density at radius 2 is 2.15 bits per heavy atom. The number of alkyl halides is 1. The zero-order valence-electron chi connectivity index (χ0n) is 15.0. The van der Waals surface area contributed by atoms with Crippen molar-refractivity contribution in [1.29, 1.82) is 0 Å². The van der Waals surface area contributed by atoms with Crippen LogP contribution in [-0.2, 0) is 7.05 Å². The predicted octanol–water partition coefficient (Wildman–Crippen LogP) is 2.39. The van der Waals surface area contributed by atoms with Crippen LogP contribution in [-0.4, -0.2) is 37.5 Å². The van der Waals surface area contributed by atoms with E-state index < -0.39 is 12.1 Å². The number of carbonyl (C=O) groups is 1. The van der Waals surface area contributed by atoms with Crippen molar-refractivity contribution in [2.75, 3.05) is 5.32 Å². The Morgan fingerprint density at radius 3 is 2.74 bits per heavy atom. The molecule has 3 N–H and O–H groups in total. The highest BCUT2D eigenvalue weighted by Crippen LogP contribution is 2.32. The van der Waals surface area contributed by atoms with Crippen molar-refractivity contribution in [1.82, 2.24) is 19.4 Å². The molecule has 1 amide bonds. The number of nitrogens with two attached hydrogens (primary N) is 1. The molecule has 3 aromatic rings. The summed E-state index contributed by atoms with van der Waals surface area (Å²) in [4.78, 5) is 11.8. The number of hydrogen-bond donors (Lipinski definition) is 2. The van der Waals surface area contributed by atoms with Gasteiger partial charge in [-0.05, 0) is 31.4 Å². The molecule has 7 nitrogen and oxygen atoms in total. The minimum Gasteiger partial charge on any atom is -0.377 e. The Kier molecular flexibility index (Phi) is 5.12. The van der Waals surface area contributed by atoms with Crippen molar-refractivity contribution in [3.05, 3.63) is 36.3 Å². The van der Waals surface area contributed by atoms with Crippen molar-refractivity contribution in [2.24, 2.45) is 12.8 Å². The minimum atomic E-state index is -0.930. The summed E-state index contributed by atoms with van der Waals surface area (Å²) in [7, 11) is 1.85. The van der Waals surface area contributed by atoms with E-state index in [1.165, 1.54) is 6.20 Å². The summed E-state index contributed by atoms with van der Waals surface area (Å²) in [6, 6.07) is 3.48. The molecule has 1 aliphatic carbocycles. The topological polar surface area (TPSA) is 90.2 Å². The van der Waals surface area contributed by atoms with Crippen molar-refractivity contribution in [3.8, 4) is 24.1 Å². The van der Waals surface area contributed by atoms with E-state index in [2.05, 4.69) is 28.4 Å². The molecule has 0 bridgehead atoms. The number of nitrogens with one attached hydrogen (secondary N) is 1. The van der Waals surface area contributed by atoms with Gasteiger partial charge in [-0.15, -0.1) is 12.8 Å². The minimum absolute atomic E-state index is 0.265. The number of nitrogens with zero attached hydrogens (tertiary/aromatic N) is 4. The third-order valence-electron chi connectivity index (χ3n) is 4.78. The number of terminal acetylenes is 1. The van der Waals surface area contributed by atoms with Gasteiger partial charge in [-0.1, -0.05) is 0 Å². The molecule has 0 aliphatic heterocycles. The number of primary amides is 1. The summed E-state index contributed by atoms with van der Waals surface area (Å²) in [5.41, 5.74) is 8.81. The van der Waals surface area contributed by atoms with Crippen LogP contribution >= 0.6 is 0 Å². The molecule has 2 atom stereocenters. The first kappa shape index (κ1) is 18.5. The Balaban J connectivity index is 0.00000102. The average molecular weight is 368 g/mol. The predicted molar refractivity (Wildman–Crippen MR) is 102 cm³/mol. The first-order chi connectivity index (χ1) is 13.0. The molecule has 3 aromatic heterocycles. The Hall–Kier alpha value is -3.34. The Morgan fingerprint density at radius 1 is 1.37 bits per heavy atom. The standard InChI is InChI=1S/C17H19FN6O.C2H2/c1-23-14(5-6-20-23)10-7-15-16(22-13-4-2-3-12(13)18)11(17(19)25)8-21-24(15)9-10;1-2/h5-9,12-13,22H,2-4H2,1H3,(H2,19,25);1-2H/t12-,13+;/m0./s1. The van der Waals surface area contributed by atoms with E-state index in [9.17, 15) is 9.18 Å². The van der Waals surface area contributed by atoms with Crippen molar-refractivity contribution in [2.45, 2.75) is 31.5 Å². The fourth-order valence-corrected chi connectivity index (χ4v) is 3.46. The van der Waals surface area contributed by atoms with E-state index in [1.807, 2.05) is 25.4 Å². The number of aromatic nitrogens is 4. The molecule has 8 heteroatoms. The summed E-state index contributed by atoms with van der Waals surface area (Å²) in [5, 5.41) is 11.6. The van der Waals surface area contributed by atoms with E-state index in [0.717, 1.165) is 24.1 Å². The maximum absolute atomic E-state index is 14.1. The molecular weight excluding hydrogens is 347 g/mol. The quantitative estimate of drug-likeness (QED) is 0.692. The lowest BCUT2D eigenvalue weighted by atomic mass is 10.1. The van der Waals surface area contributed by atoms with Gasteiger partial charge >= 0.3 is 0 Å². The summed E-state index contributed by atoms with van der Waals surface area (Å²) < 4.78 is 17.5. The lowest BCUT2D eigenvalue weighted by Crippen LogP contribution is -2.27. The number of fused-ring (bicyclic) bond motifs is 1. The zero-order chi connectivity index (χ0) is 19.6. The normalized spacial score (nSPS) is 18.8. The molecule has 0 aromatic carbocycles. The molecule has 27 heavy (non-hydrogen) atoms. The largest absolute Gasteiger partial charge is 0.377 e. The highest BCUT2D eigenvalue weighted by molar-refractivity contribution is 6.02. The lowest BCUT2D eigenvalue weighted by molar-refractivity contribution is 0.100. The number of anilines is 1. The van der Waals surface area contributed by atoms with Crippen LogP contribution in [0, 0.1) is 12.8 Å². The van der Waals surface area contributed by atoms with E-state index in [-0.39, 0.29) is 11.6 Å². The van der Waals surface area contributed by atoms with Crippen LogP contribution in [0.4, 0.5) is 10.1 Å². The summed E-state index contributed by atoms with van der Waals surface area (Å²) in [6.45, 7) is 0. The number of hydrogen-bond acceptors (Lipinski definition) is 4. The van der Waals surface area contributed by atoms with Crippen LogP contribution in [0.2, 0.25) is 0 Å². The smallest absolute Gasteiger partial charge is 0.252 e. The number of aryl methyl sites for hydroxylation is 1. The third-order valence-corrected chi connectivity index (χ3v) is 4.78. The average Bonchev–Trinajstić information content (AvgIpc) is 3.37. The molecule has 0 unspecified atom stereocenters. The van der Waals surface area contributed by atoms with Crippen LogP contribution in [0.5, 0.6) is 0 Å². The second-order valence-corrected chi connectivity index (χ2v) is 6.39. The number of carbonyl (C=O) groups excluding carboxylic acids is 1. The molecule has 4 rings (SSSR count). The Labute approximate surface area is 156 Å². The third kappa shape index (κ3) is 3.36. The van der Waals surface area contributed by atoms with Crippen LogP contribution < -0.4 is 11.1 Å². The highest BCUT2D eigenvalue weighted by atomic mass is 19.1. The number of halogens is 1. The summed E-state index contributed by atoms with van der Waals surface area (Å²) in [6.07, 6.45) is 14.1. The molecule has 3 heterocycles. The number of rotatable bonds is 4. The Bertz CT molecular complexity index is 989. The number of amides is 1. The molecule has 0 spiro atoms. The maximum Gasteiger partial charge on any atom is 0.252 e. The first-order valence-corrected chi connectivity index (χ1v) is 8.58. The lowest BCUT2D eigenvalue weighted by Gasteiger charge is -2.19. The molecule has 1 aliphatic rings.